The third-order valence-electron chi connectivity index (χ3n) is 7.86. The van der Waals surface area contributed by atoms with Gasteiger partial charge >= 0.3 is 0 Å². The van der Waals surface area contributed by atoms with Gasteiger partial charge in [-0.1, -0.05) is 18.0 Å². The van der Waals surface area contributed by atoms with Crippen LogP contribution in [0.2, 0.25) is 0 Å². The van der Waals surface area contributed by atoms with Crippen LogP contribution in [-0.2, 0) is 4.79 Å². The van der Waals surface area contributed by atoms with E-state index >= 15 is 0 Å². The predicted molar refractivity (Wildman–Crippen MR) is 125 cm³/mol. The van der Waals surface area contributed by atoms with Crippen LogP contribution in [0, 0.1) is 28.9 Å². The summed E-state index contributed by atoms with van der Waals surface area (Å²) in [6, 6.07) is 6.58. The Kier molecular flexibility index (Phi) is 6.75. The summed E-state index contributed by atoms with van der Waals surface area (Å²) in [5.74, 6) is -2.82. The van der Waals surface area contributed by atoms with Crippen molar-refractivity contribution < 1.29 is 22.9 Å². The molecule has 36 heavy (non-hydrogen) atoms. The lowest BCUT2D eigenvalue weighted by Crippen LogP contribution is -2.61. The van der Waals surface area contributed by atoms with Crippen molar-refractivity contribution in [1.29, 1.82) is 5.26 Å². The summed E-state index contributed by atoms with van der Waals surface area (Å²) in [7, 11) is 0. The minimum Gasteiger partial charge on any atom is -0.355 e. The zero-order valence-electron chi connectivity index (χ0n) is 19.9. The Labute approximate surface area is 208 Å². The average molecular weight is 498 g/mol. The molecule has 3 aliphatic rings. The molecule has 1 saturated heterocycles. The van der Waals surface area contributed by atoms with Gasteiger partial charge in [-0.2, -0.15) is 5.26 Å². The fourth-order valence-electron chi connectivity index (χ4n) is 5.58. The first-order valence-corrected chi connectivity index (χ1v) is 12.6. The Morgan fingerprint density at radius 1 is 1.14 bits per heavy atom. The summed E-state index contributed by atoms with van der Waals surface area (Å²) >= 11 is 0. The van der Waals surface area contributed by atoms with Crippen LogP contribution in [0.5, 0.6) is 0 Å². The molecule has 2 N–H and O–H groups in total. The molecule has 1 aromatic carbocycles. The molecular weight excluding hydrogens is 468 g/mol. The summed E-state index contributed by atoms with van der Waals surface area (Å²) in [5, 5.41) is 19.2. The fraction of sp³-hybridized carbons (Fsp3) is 0.538. The molecule has 190 valence electrons. The van der Waals surface area contributed by atoms with Crippen molar-refractivity contribution in [2.24, 2.45) is 5.92 Å². The molecular formula is C26H29F2N5O3. The van der Waals surface area contributed by atoms with E-state index < -0.39 is 35.0 Å². The normalized spacial score (nSPS) is 24.0. The molecule has 8 nitrogen and oxygen atoms in total. The minimum atomic E-state index is -0.823. The lowest BCUT2D eigenvalue weighted by molar-refractivity contribution is -0.130. The predicted octanol–water partition coefficient (Wildman–Crippen LogP) is 3.55. The van der Waals surface area contributed by atoms with Crippen LogP contribution in [0.1, 0.15) is 61.9 Å². The van der Waals surface area contributed by atoms with E-state index in [2.05, 4.69) is 26.8 Å². The van der Waals surface area contributed by atoms with E-state index in [1.165, 1.54) is 25.0 Å². The third-order valence-corrected chi connectivity index (χ3v) is 7.86. The Balaban J connectivity index is 1.31. The summed E-state index contributed by atoms with van der Waals surface area (Å²) in [5.41, 5.74) is -0.882. The third kappa shape index (κ3) is 4.85. The van der Waals surface area contributed by atoms with Gasteiger partial charge in [0.25, 0.3) is 5.91 Å². The number of hydrogen-bond donors (Lipinski definition) is 2. The minimum absolute atomic E-state index is 0.00365. The number of nitriles is 1. The van der Waals surface area contributed by atoms with E-state index in [4.69, 9.17) is 4.52 Å². The molecule has 0 spiro atoms. The molecule has 2 saturated carbocycles. The summed E-state index contributed by atoms with van der Waals surface area (Å²) in [6.45, 7) is 1.27. The average Bonchev–Trinajstić information content (AvgIpc) is 3.54. The summed E-state index contributed by atoms with van der Waals surface area (Å²) in [6.07, 6.45) is 7.31. The SMILES string of the molecule is N#CC1(NC(=O)[C@H]2CN(C3CCCC3)CC[C@@H]2NC(=O)c2cc(-c3ccc(F)cc3F)on2)CCC1. The van der Waals surface area contributed by atoms with Gasteiger partial charge in [0.05, 0.1) is 17.6 Å². The molecule has 0 bridgehead atoms. The molecule has 10 heteroatoms. The maximum absolute atomic E-state index is 14.1. The van der Waals surface area contributed by atoms with Gasteiger partial charge in [0.2, 0.25) is 5.91 Å². The number of nitrogens with one attached hydrogen (secondary N) is 2. The van der Waals surface area contributed by atoms with Gasteiger partial charge in [0.1, 0.15) is 17.2 Å². The van der Waals surface area contributed by atoms with Gasteiger partial charge in [0.15, 0.2) is 11.5 Å². The molecule has 2 aliphatic carbocycles. The maximum Gasteiger partial charge on any atom is 0.273 e. The van der Waals surface area contributed by atoms with Crippen molar-refractivity contribution in [3.63, 3.8) is 0 Å². The Bertz CT molecular complexity index is 1180. The van der Waals surface area contributed by atoms with E-state index in [0.29, 0.717) is 31.8 Å². The fourth-order valence-corrected chi connectivity index (χ4v) is 5.58. The molecule has 5 rings (SSSR count). The highest BCUT2D eigenvalue weighted by atomic mass is 19.1. The number of halogens is 2. The van der Waals surface area contributed by atoms with Crippen molar-refractivity contribution in [1.82, 2.24) is 20.7 Å². The molecule has 0 radical (unpaired) electrons. The highest BCUT2D eigenvalue weighted by molar-refractivity contribution is 5.94. The molecule has 1 aliphatic heterocycles. The largest absolute Gasteiger partial charge is 0.355 e. The molecule has 2 atom stereocenters. The topological polar surface area (TPSA) is 111 Å². The van der Waals surface area contributed by atoms with Crippen LogP contribution in [0.25, 0.3) is 11.3 Å². The van der Waals surface area contributed by atoms with Crippen molar-refractivity contribution in [2.45, 2.75) is 69.0 Å². The Morgan fingerprint density at radius 3 is 2.58 bits per heavy atom. The zero-order valence-corrected chi connectivity index (χ0v) is 19.9. The number of rotatable bonds is 6. The smallest absolute Gasteiger partial charge is 0.273 e. The molecule has 2 heterocycles. The van der Waals surface area contributed by atoms with Crippen LogP contribution in [0.4, 0.5) is 8.78 Å². The number of carbonyl (C=O) groups excluding carboxylic acids is 2. The van der Waals surface area contributed by atoms with Gasteiger partial charge < -0.3 is 15.2 Å². The van der Waals surface area contributed by atoms with E-state index in [9.17, 15) is 23.6 Å². The van der Waals surface area contributed by atoms with Gasteiger partial charge in [-0.3, -0.25) is 14.5 Å². The number of benzene rings is 1. The second-order valence-electron chi connectivity index (χ2n) is 10.1. The van der Waals surface area contributed by atoms with Crippen LogP contribution in [0.15, 0.2) is 28.8 Å². The number of aromatic nitrogens is 1. The standard InChI is InChI=1S/C26H29F2N5O3/c27-16-6-7-18(20(28)12-16)23-13-22(32-36-23)25(35)30-21-8-11-33(17-4-1-2-5-17)14-19(21)24(34)31-26(15-29)9-3-10-26/h6-7,12-13,17,19,21H,1-5,8-11,14H2,(H,30,35)(H,31,34)/t19-,21-/m0/s1. The first kappa shape index (κ1) is 24.4. The molecule has 1 aromatic heterocycles. The van der Waals surface area contributed by atoms with Crippen molar-refractivity contribution in [2.75, 3.05) is 13.1 Å². The van der Waals surface area contributed by atoms with Gasteiger partial charge in [-0.05, 0) is 50.7 Å². The molecule has 2 aromatic rings. The second kappa shape index (κ2) is 9.97. The van der Waals surface area contributed by atoms with E-state index in [-0.39, 0.29) is 22.9 Å². The lowest BCUT2D eigenvalue weighted by atomic mass is 9.77. The van der Waals surface area contributed by atoms with Crippen molar-refractivity contribution in [3.8, 4) is 17.4 Å². The number of amides is 2. The number of carbonyl (C=O) groups is 2. The van der Waals surface area contributed by atoms with E-state index in [0.717, 1.165) is 37.9 Å². The van der Waals surface area contributed by atoms with E-state index in [1.54, 1.807) is 0 Å². The Morgan fingerprint density at radius 2 is 1.92 bits per heavy atom. The van der Waals surface area contributed by atoms with Crippen molar-refractivity contribution in [3.05, 3.63) is 41.6 Å². The van der Waals surface area contributed by atoms with Crippen LogP contribution < -0.4 is 10.6 Å². The second-order valence-corrected chi connectivity index (χ2v) is 10.1. The maximum atomic E-state index is 14.1. The van der Waals surface area contributed by atoms with Crippen LogP contribution >= 0.6 is 0 Å². The monoisotopic (exact) mass is 497 g/mol. The molecule has 3 fully saturated rings. The summed E-state index contributed by atoms with van der Waals surface area (Å²) in [4.78, 5) is 28.7. The van der Waals surface area contributed by atoms with Gasteiger partial charge in [-0.25, -0.2) is 8.78 Å². The number of piperidine rings is 1. The number of nitrogens with zero attached hydrogens (tertiary/aromatic N) is 3. The van der Waals surface area contributed by atoms with E-state index in [1.807, 2.05) is 0 Å². The first-order chi connectivity index (χ1) is 17.4. The van der Waals surface area contributed by atoms with Crippen LogP contribution in [-0.4, -0.2) is 52.6 Å². The van der Waals surface area contributed by atoms with Gasteiger partial charge in [0, 0.05) is 37.3 Å². The highest BCUT2D eigenvalue weighted by Crippen LogP contribution is 2.33. The van der Waals surface area contributed by atoms with Crippen molar-refractivity contribution >= 4 is 11.8 Å². The van der Waals surface area contributed by atoms with Gasteiger partial charge in [-0.15, -0.1) is 0 Å². The quantitative estimate of drug-likeness (QED) is 0.632. The highest BCUT2D eigenvalue weighted by Gasteiger charge is 2.44. The van der Waals surface area contributed by atoms with Crippen LogP contribution in [0.3, 0.4) is 0 Å². The molecule has 0 unspecified atom stereocenters. The first-order valence-electron chi connectivity index (χ1n) is 12.6. The number of hydrogen-bond acceptors (Lipinski definition) is 6. The lowest BCUT2D eigenvalue weighted by Gasteiger charge is -2.43. The number of likely N-dealkylation sites (tertiary alicyclic amines) is 1. The zero-order chi connectivity index (χ0) is 25.3. The Hall–Kier alpha value is -3.32. The molecule has 2 amide bonds. The summed E-state index contributed by atoms with van der Waals surface area (Å²) < 4.78 is 32.5.